The number of nitrogens with zero attached hydrogens (tertiary/aromatic N) is 1. The standard InChI is InChI=1S/C20H18F2N2O3/c21-20(22)11-23-17-10-27-24(18(17)20)19(25)26-9-16-14-7-3-1-5-12(14)13-6-2-4-8-15(13)16/h1-8,16-18,23H,9-11H2/t17-,18+/m0/s1. The number of alkyl halides is 2. The summed E-state index contributed by atoms with van der Waals surface area (Å²) < 4.78 is 33.5. The van der Waals surface area contributed by atoms with Gasteiger partial charge in [-0.25, -0.2) is 13.6 Å². The molecule has 2 atom stereocenters. The van der Waals surface area contributed by atoms with Crippen molar-refractivity contribution in [3.8, 4) is 11.1 Å². The summed E-state index contributed by atoms with van der Waals surface area (Å²) in [4.78, 5) is 17.7. The summed E-state index contributed by atoms with van der Waals surface area (Å²) >= 11 is 0. The summed E-state index contributed by atoms with van der Waals surface area (Å²) in [5, 5.41) is 3.40. The highest BCUT2D eigenvalue weighted by molar-refractivity contribution is 5.79. The Hall–Kier alpha value is -2.51. The van der Waals surface area contributed by atoms with Crippen molar-refractivity contribution in [3.63, 3.8) is 0 Å². The van der Waals surface area contributed by atoms with Crippen molar-refractivity contribution in [3.05, 3.63) is 59.7 Å². The van der Waals surface area contributed by atoms with Crippen LogP contribution in [0.4, 0.5) is 13.6 Å². The molecule has 3 aliphatic rings. The van der Waals surface area contributed by atoms with Crippen molar-refractivity contribution < 1.29 is 23.1 Å². The number of hydrogen-bond acceptors (Lipinski definition) is 4. The topological polar surface area (TPSA) is 50.8 Å². The molecule has 0 bridgehead atoms. The lowest BCUT2D eigenvalue weighted by Crippen LogP contribution is -2.47. The van der Waals surface area contributed by atoms with Gasteiger partial charge in [-0.1, -0.05) is 48.5 Å². The van der Waals surface area contributed by atoms with E-state index in [4.69, 9.17) is 9.57 Å². The maximum Gasteiger partial charge on any atom is 0.434 e. The monoisotopic (exact) mass is 372 g/mol. The molecule has 5 rings (SSSR count). The van der Waals surface area contributed by atoms with E-state index in [1.807, 2.05) is 48.5 Å². The van der Waals surface area contributed by atoms with Crippen LogP contribution in [-0.2, 0) is 9.57 Å². The van der Waals surface area contributed by atoms with Crippen molar-refractivity contribution in [1.29, 1.82) is 0 Å². The van der Waals surface area contributed by atoms with Crippen LogP contribution >= 0.6 is 0 Å². The maximum atomic E-state index is 14.1. The van der Waals surface area contributed by atoms with Crippen LogP contribution in [0.3, 0.4) is 0 Å². The number of carbonyl (C=O) groups is 1. The Morgan fingerprint density at radius 3 is 2.44 bits per heavy atom. The molecule has 5 nitrogen and oxygen atoms in total. The number of nitrogens with one attached hydrogen (secondary N) is 1. The molecule has 0 radical (unpaired) electrons. The summed E-state index contributed by atoms with van der Waals surface area (Å²) in [6, 6.07) is 14.0. The summed E-state index contributed by atoms with van der Waals surface area (Å²) in [6.45, 7) is -0.355. The van der Waals surface area contributed by atoms with Gasteiger partial charge in [0.05, 0.1) is 19.2 Å². The summed E-state index contributed by atoms with van der Waals surface area (Å²) in [5.41, 5.74) is 4.36. The van der Waals surface area contributed by atoms with Crippen molar-refractivity contribution in [1.82, 2.24) is 10.4 Å². The molecule has 1 N–H and O–H groups in total. The Balaban J connectivity index is 1.35. The van der Waals surface area contributed by atoms with Gasteiger partial charge in [-0.2, -0.15) is 5.06 Å². The lowest BCUT2D eigenvalue weighted by Gasteiger charge is -2.25. The van der Waals surface area contributed by atoms with Crippen LogP contribution in [0.2, 0.25) is 0 Å². The molecule has 2 saturated heterocycles. The number of rotatable bonds is 2. The SMILES string of the molecule is O=C(OCC1c2ccccc2-c2ccccc21)N1OC[C@@H]2NCC(F)(F)[C@@H]21. The fourth-order valence-electron chi connectivity index (χ4n) is 4.33. The van der Waals surface area contributed by atoms with Gasteiger partial charge in [0.2, 0.25) is 0 Å². The number of hydrogen-bond donors (Lipinski definition) is 1. The fourth-order valence-corrected chi connectivity index (χ4v) is 4.33. The van der Waals surface area contributed by atoms with E-state index in [2.05, 4.69) is 5.32 Å². The Morgan fingerprint density at radius 2 is 1.78 bits per heavy atom. The van der Waals surface area contributed by atoms with E-state index < -0.39 is 30.6 Å². The van der Waals surface area contributed by atoms with Crippen LogP contribution in [-0.4, -0.2) is 48.9 Å². The molecule has 2 aliphatic heterocycles. The van der Waals surface area contributed by atoms with Gasteiger partial charge in [-0.05, 0) is 22.3 Å². The van der Waals surface area contributed by atoms with E-state index in [1.165, 1.54) is 0 Å². The molecule has 0 aromatic heterocycles. The number of hydroxylamine groups is 2. The van der Waals surface area contributed by atoms with Gasteiger partial charge >= 0.3 is 6.09 Å². The summed E-state index contributed by atoms with van der Waals surface area (Å²) in [7, 11) is 0. The van der Waals surface area contributed by atoms with Crippen LogP contribution in [0.15, 0.2) is 48.5 Å². The van der Waals surface area contributed by atoms with Crippen molar-refractivity contribution in [2.24, 2.45) is 0 Å². The van der Waals surface area contributed by atoms with Gasteiger partial charge in [0.1, 0.15) is 12.6 Å². The van der Waals surface area contributed by atoms with Gasteiger partial charge in [0.25, 0.3) is 5.92 Å². The Bertz CT molecular complexity index is 859. The zero-order valence-electron chi connectivity index (χ0n) is 14.4. The Kier molecular flexibility index (Phi) is 3.70. The van der Waals surface area contributed by atoms with Gasteiger partial charge in [0.15, 0.2) is 0 Å². The number of fused-ring (bicyclic) bond motifs is 4. The molecule has 2 aromatic rings. The fraction of sp³-hybridized carbons (Fsp3) is 0.350. The molecule has 2 fully saturated rings. The van der Waals surface area contributed by atoms with Crippen molar-refractivity contribution in [2.45, 2.75) is 23.9 Å². The van der Waals surface area contributed by atoms with Gasteiger partial charge in [-0.3, -0.25) is 4.84 Å². The lowest BCUT2D eigenvalue weighted by atomic mass is 9.98. The van der Waals surface area contributed by atoms with E-state index in [-0.39, 0.29) is 19.1 Å². The smallest absolute Gasteiger partial charge is 0.434 e. The third-order valence-electron chi connectivity index (χ3n) is 5.58. The zero-order valence-corrected chi connectivity index (χ0v) is 14.4. The number of carbonyl (C=O) groups excluding carboxylic acids is 1. The average molecular weight is 372 g/mol. The highest BCUT2D eigenvalue weighted by atomic mass is 19.3. The first-order valence-electron chi connectivity index (χ1n) is 8.94. The third-order valence-corrected chi connectivity index (χ3v) is 5.58. The molecule has 140 valence electrons. The molecule has 0 saturated carbocycles. The second-order valence-electron chi connectivity index (χ2n) is 7.12. The van der Waals surface area contributed by atoms with Gasteiger partial charge in [-0.15, -0.1) is 0 Å². The van der Waals surface area contributed by atoms with E-state index in [0.717, 1.165) is 22.3 Å². The highest BCUT2D eigenvalue weighted by Gasteiger charge is 2.59. The first kappa shape index (κ1) is 16.6. The molecule has 2 aromatic carbocycles. The molecular formula is C20H18F2N2O3. The molecule has 0 spiro atoms. The molecule has 27 heavy (non-hydrogen) atoms. The first-order valence-corrected chi connectivity index (χ1v) is 8.94. The number of halogens is 2. The Labute approximate surface area is 154 Å². The van der Waals surface area contributed by atoms with E-state index in [1.54, 1.807) is 0 Å². The number of ether oxygens (including phenoxy) is 1. The summed E-state index contributed by atoms with van der Waals surface area (Å²) in [5.74, 6) is -3.16. The molecule has 7 heteroatoms. The molecule has 2 heterocycles. The van der Waals surface area contributed by atoms with Crippen LogP contribution in [0.1, 0.15) is 17.0 Å². The molecule has 1 aliphatic carbocycles. The normalized spacial score (nSPS) is 25.2. The molecular weight excluding hydrogens is 354 g/mol. The maximum absolute atomic E-state index is 14.1. The number of amides is 1. The largest absolute Gasteiger partial charge is 0.447 e. The average Bonchev–Trinajstić information content (AvgIpc) is 3.33. The minimum atomic E-state index is -3.03. The van der Waals surface area contributed by atoms with Crippen LogP contribution in [0, 0.1) is 0 Å². The van der Waals surface area contributed by atoms with E-state index in [9.17, 15) is 13.6 Å². The van der Waals surface area contributed by atoms with Crippen LogP contribution in [0.25, 0.3) is 11.1 Å². The third kappa shape index (κ3) is 2.53. The Morgan fingerprint density at radius 1 is 1.15 bits per heavy atom. The van der Waals surface area contributed by atoms with Gasteiger partial charge in [0, 0.05) is 5.92 Å². The van der Waals surface area contributed by atoms with Crippen LogP contribution in [0.5, 0.6) is 0 Å². The predicted molar refractivity (Wildman–Crippen MR) is 93.4 cm³/mol. The van der Waals surface area contributed by atoms with Crippen LogP contribution < -0.4 is 5.32 Å². The van der Waals surface area contributed by atoms with E-state index >= 15 is 0 Å². The van der Waals surface area contributed by atoms with E-state index in [0.29, 0.717) is 5.06 Å². The predicted octanol–water partition coefficient (Wildman–Crippen LogP) is 3.16. The summed E-state index contributed by atoms with van der Waals surface area (Å²) in [6.07, 6.45) is -0.868. The second-order valence-corrected chi connectivity index (χ2v) is 7.12. The van der Waals surface area contributed by atoms with Crippen molar-refractivity contribution in [2.75, 3.05) is 19.8 Å². The second kappa shape index (κ2) is 6.00. The molecule has 0 unspecified atom stereocenters. The number of benzene rings is 2. The zero-order chi connectivity index (χ0) is 18.6. The van der Waals surface area contributed by atoms with Crippen molar-refractivity contribution >= 4 is 6.09 Å². The minimum absolute atomic E-state index is 0.0322. The first-order chi connectivity index (χ1) is 13.1. The lowest BCUT2D eigenvalue weighted by molar-refractivity contribution is -0.158. The minimum Gasteiger partial charge on any atom is -0.447 e. The van der Waals surface area contributed by atoms with Gasteiger partial charge < -0.3 is 10.1 Å². The highest BCUT2D eigenvalue weighted by Crippen LogP contribution is 2.44. The quantitative estimate of drug-likeness (QED) is 0.880. The molecule has 1 amide bonds.